The van der Waals surface area contributed by atoms with Gasteiger partial charge in [0, 0.05) is 17.1 Å². The number of hydrogen-bond acceptors (Lipinski definition) is 3. The molecule has 88 valence electrons. The molecule has 0 amide bonds. The lowest BCUT2D eigenvalue weighted by molar-refractivity contribution is 0.122. The summed E-state index contributed by atoms with van der Waals surface area (Å²) in [6.07, 6.45) is -0.537. The van der Waals surface area contributed by atoms with Crippen LogP contribution in [0.1, 0.15) is 5.56 Å². The molecule has 1 aliphatic rings. The summed E-state index contributed by atoms with van der Waals surface area (Å²) in [5, 5.41) is 12.9. The number of nitrogens with one attached hydrogen (secondary N) is 1. The van der Waals surface area contributed by atoms with E-state index in [0.29, 0.717) is 23.8 Å². The first kappa shape index (κ1) is 11.8. The Labute approximate surface area is 98.2 Å². The van der Waals surface area contributed by atoms with Gasteiger partial charge in [-0.15, -0.1) is 0 Å². The average molecular weight is 246 g/mol. The average Bonchev–Trinajstić information content (AvgIpc) is 2.64. The van der Waals surface area contributed by atoms with E-state index >= 15 is 0 Å². The van der Waals surface area contributed by atoms with Gasteiger partial charge in [-0.25, -0.2) is 4.39 Å². The molecule has 5 heteroatoms. The van der Waals surface area contributed by atoms with Crippen molar-refractivity contribution in [1.82, 2.24) is 5.32 Å². The van der Waals surface area contributed by atoms with E-state index in [1.54, 1.807) is 12.1 Å². The molecule has 2 rings (SSSR count). The second-order valence-corrected chi connectivity index (χ2v) is 4.20. The van der Waals surface area contributed by atoms with Gasteiger partial charge in [0.05, 0.1) is 25.4 Å². The van der Waals surface area contributed by atoms with Crippen molar-refractivity contribution < 1.29 is 14.2 Å². The zero-order valence-electron chi connectivity index (χ0n) is 8.62. The van der Waals surface area contributed by atoms with E-state index in [1.807, 2.05) is 0 Å². The van der Waals surface area contributed by atoms with E-state index in [9.17, 15) is 9.50 Å². The summed E-state index contributed by atoms with van der Waals surface area (Å²) in [6, 6.07) is 4.42. The van der Waals surface area contributed by atoms with Crippen molar-refractivity contribution in [3.05, 3.63) is 34.6 Å². The molecular weight excluding hydrogens is 233 g/mol. The molecule has 3 nitrogen and oxygen atoms in total. The van der Waals surface area contributed by atoms with E-state index in [2.05, 4.69) is 5.32 Å². The zero-order chi connectivity index (χ0) is 11.5. The highest BCUT2D eigenvalue weighted by atomic mass is 35.5. The fourth-order valence-corrected chi connectivity index (χ4v) is 1.90. The molecule has 0 saturated carbocycles. The van der Waals surface area contributed by atoms with E-state index < -0.39 is 6.10 Å². The molecule has 2 N–H and O–H groups in total. The quantitative estimate of drug-likeness (QED) is 0.844. The highest BCUT2D eigenvalue weighted by Gasteiger charge is 2.25. The second kappa shape index (κ2) is 5.10. The summed E-state index contributed by atoms with van der Waals surface area (Å²) < 4.78 is 18.5. The van der Waals surface area contributed by atoms with Gasteiger partial charge in [-0.2, -0.15) is 0 Å². The van der Waals surface area contributed by atoms with Gasteiger partial charge in [0.2, 0.25) is 0 Å². The number of benzene rings is 1. The molecule has 0 radical (unpaired) electrons. The van der Waals surface area contributed by atoms with Crippen LogP contribution in [0.15, 0.2) is 18.2 Å². The summed E-state index contributed by atoms with van der Waals surface area (Å²) in [5.74, 6) is -0.339. The maximum absolute atomic E-state index is 13.4. The zero-order valence-corrected chi connectivity index (χ0v) is 9.38. The number of halogens is 2. The first-order valence-corrected chi connectivity index (χ1v) is 5.48. The van der Waals surface area contributed by atoms with Crippen molar-refractivity contribution in [2.24, 2.45) is 0 Å². The molecule has 0 aliphatic carbocycles. The third-order valence-electron chi connectivity index (χ3n) is 2.65. The van der Waals surface area contributed by atoms with Crippen LogP contribution in [0.25, 0.3) is 0 Å². The maximum Gasteiger partial charge on any atom is 0.129 e. The third-order valence-corrected chi connectivity index (χ3v) is 3.01. The number of aliphatic hydroxyl groups is 1. The molecule has 2 unspecified atom stereocenters. The molecule has 1 aliphatic heterocycles. The fourth-order valence-electron chi connectivity index (χ4n) is 1.67. The molecule has 16 heavy (non-hydrogen) atoms. The summed E-state index contributed by atoms with van der Waals surface area (Å²) in [5.41, 5.74) is 0.420. The molecule has 1 heterocycles. The van der Waals surface area contributed by atoms with E-state index in [4.69, 9.17) is 16.3 Å². The van der Waals surface area contributed by atoms with Crippen LogP contribution in [-0.4, -0.2) is 30.5 Å². The molecule has 1 aromatic rings. The van der Waals surface area contributed by atoms with Gasteiger partial charge in [-0.1, -0.05) is 17.7 Å². The summed E-state index contributed by atoms with van der Waals surface area (Å²) in [4.78, 5) is 0. The Morgan fingerprint density at radius 1 is 1.50 bits per heavy atom. The monoisotopic (exact) mass is 245 g/mol. The summed E-state index contributed by atoms with van der Waals surface area (Å²) in [7, 11) is 0. The Hall–Kier alpha value is -0.680. The minimum Gasteiger partial charge on any atom is -0.389 e. The predicted molar refractivity (Wildman–Crippen MR) is 58.9 cm³/mol. The maximum atomic E-state index is 13.4. The second-order valence-electron chi connectivity index (χ2n) is 3.79. The van der Waals surface area contributed by atoms with Crippen LogP contribution in [0.4, 0.5) is 4.39 Å². The topological polar surface area (TPSA) is 41.5 Å². The largest absolute Gasteiger partial charge is 0.389 e. The number of aliphatic hydroxyl groups excluding tert-OH is 1. The smallest absolute Gasteiger partial charge is 0.129 e. The lowest BCUT2D eigenvalue weighted by Gasteiger charge is -2.15. The number of hydrogen-bond donors (Lipinski definition) is 2. The van der Waals surface area contributed by atoms with Crippen molar-refractivity contribution in [3.8, 4) is 0 Å². The van der Waals surface area contributed by atoms with E-state index in [1.165, 1.54) is 6.07 Å². The molecule has 0 spiro atoms. The van der Waals surface area contributed by atoms with Crippen molar-refractivity contribution in [2.45, 2.75) is 18.7 Å². The van der Waals surface area contributed by atoms with Gasteiger partial charge >= 0.3 is 0 Å². The van der Waals surface area contributed by atoms with Crippen molar-refractivity contribution in [1.29, 1.82) is 0 Å². The Morgan fingerprint density at radius 2 is 2.31 bits per heavy atom. The van der Waals surface area contributed by atoms with E-state index in [-0.39, 0.29) is 18.4 Å². The highest BCUT2D eigenvalue weighted by Crippen LogP contribution is 2.19. The third kappa shape index (κ3) is 2.52. The number of ether oxygens (including phenoxy) is 1. The van der Waals surface area contributed by atoms with Crippen LogP contribution in [0.5, 0.6) is 0 Å². The van der Waals surface area contributed by atoms with Crippen molar-refractivity contribution >= 4 is 11.6 Å². The minimum absolute atomic E-state index is 0.157. The van der Waals surface area contributed by atoms with Crippen molar-refractivity contribution in [2.75, 3.05) is 13.2 Å². The van der Waals surface area contributed by atoms with E-state index in [0.717, 1.165) is 0 Å². The lowest BCUT2D eigenvalue weighted by Crippen LogP contribution is -2.38. The predicted octanol–water partition coefficient (Wildman–Crippen LogP) is 1.33. The SMILES string of the molecule is OC1COCC1NCc1c(F)cccc1Cl. The van der Waals surface area contributed by atoms with Gasteiger partial charge < -0.3 is 15.2 Å². The van der Waals surface area contributed by atoms with Gasteiger partial charge in [0.15, 0.2) is 0 Å². The molecule has 1 fully saturated rings. The van der Waals surface area contributed by atoms with Crippen LogP contribution in [0.3, 0.4) is 0 Å². The standard InChI is InChI=1S/C11H13ClFNO2/c12-8-2-1-3-9(13)7(8)4-14-10-5-16-6-11(10)15/h1-3,10-11,14-15H,4-6H2. The van der Waals surface area contributed by atoms with Gasteiger partial charge in [0.1, 0.15) is 5.82 Å². The first-order valence-electron chi connectivity index (χ1n) is 5.10. The molecule has 1 saturated heterocycles. The molecule has 2 atom stereocenters. The van der Waals surface area contributed by atoms with Gasteiger partial charge in [-0.05, 0) is 12.1 Å². The summed E-state index contributed by atoms with van der Waals surface area (Å²) >= 11 is 5.88. The van der Waals surface area contributed by atoms with Crippen molar-refractivity contribution in [3.63, 3.8) is 0 Å². The van der Waals surface area contributed by atoms with Crippen LogP contribution in [0, 0.1) is 5.82 Å². The summed E-state index contributed by atoms with van der Waals surface area (Å²) in [6.45, 7) is 1.05. The molecule has 0 aromatic heterocycles. The Bertz CT molecular complexity index is 355. The van der Waals surface area contributed by atoms with Gasteiger partial charge in [-0.3, -0.25) is 0 Å². The fraction of sp³-hybridized carbons (Fsp3) is 0.455. The normalized spacial score (nSPS) is 24.9. The first-order chi connectivity index (χ1) is 7.68. The highest BCUT2D eigenvalue weighted by molar-refractivity contribution is 6.31. The van der Waals surface area contributed by atoms with Crippen LogP contribution in [0.2, 0.25) is 5.02 Å². The molecular formula is C11H13ClFNO2. The Kier molecular flexibility index (Phi) is 3.76. The Balaban J connectivity index is 1.99. The van der Waals surface area contributed by atoms with Gasteiger partial charge in [0.25, 0.3) is 0 Å². The lowest BCUT2D eigenvalue weighted by atomic mass is 10.1. The van der Waals surface area contributed by atoms with Crippen LogP contribution < -0.4 is 5.32 Å². The number of rotatable bonds is 3. The van der Waals surface area contributed by atoms with Crippen LogP contribution >= 0.6 is 11.6 Å². The Morgan fingerprint density at radius 3 is 2.94 bits per heavy atom. The van der Waals surface area contributed by atoms with Crippen LogP contribution in [-0.2, 0) is 11.3 Å². The molecule has 0 bridgehead atoms. The molecule has 1 aromatic carbocycles. The minimum atomic E-state index is -0.537.